The molecular weight excluding hydrogens is 347 g/mol. The van der Waals surface area contributed by atoms with E-state index in [0.29, 0.717) is 11.3 Å². The molecule has 0 bridgehead atoms. The minimum absolute atomic E-state index is 0.0309. The second kappa shape index (κ2) is 7.89. The van der Waals surface area contributed by atoms with Crippen molar-refractivity contribution in [2.45, 2.75) is 11.3 Å². The number of sulfone groups is 1. The van der Waals surface area contributed by atoms with E-state index in [4.69, 9.17) is 0 Å². The van der Waals surface area contributed by atoms with Gasteiger partial charge in [-0.3, -0.25) is 9.59 Å². The van der Waals surface area contributed by atoms with Crippen LogP contribution in [-0.2, 0) is 14.6 Å². The number of nitrogens with one attached hydrogen (secondary N) is 2. The molecule has 0 spiro atoms. The molecule has 2 N–H and O–H groups in total. The third-order valence-corrected chi connectivity index (χ3v) is 5.16. The van der Waals surface area contributed by atoms with E-state index in [1.807, 2.05) is 0 Å². The Morgan fingerprint density at radius 1 is 1.00 bits per heavy atom. The predicted octanol–water partition coefficient (Wildman–Crippen LogP) is 1.99. The first-order valence-electron chi connectivity index (χ1n) is 7.42. The Morgan fingerprint density at radius 3 is 2.16 bits per heavy atom. The summed E-state index contributed by atoms with van der Waals surface area (Å²) < 4.78 is 37.1. The van der Waals surface area contributed by atoms with Crippen LogP contribution in [0.15, 0.2) is 53.4 Å². The maximum absolute atomic E-state index is 12.8. The van der Waals surface area contributed by atoms with Crippen LogP contribution in [0.25, 0.3) is 0 Å². The van der Waals surface area contributed by atoms with Gasteiger partial charge in [0.05, 0.1) is 10.6 Å². The molecule has 6 nitrogen and oxygen atoms in total. The van der Waals surface area contributed by atoms with E-state index in [-0.39, 0.29) is 23.0 Å². The van der Waals surface area contributed by atoms with Crippen LogP contribution in [0.1, 0.15) is 16.8 Å². The van der Waals surface area contributed by atoms with Crippen molar-refractivity contribution in [3.63, 3.8) is 0 Å². The van der Waals surface area contributed by atoms with Gasteiger partial charge in [0.2, 0.25) is 5.91 Å². The number of hydrogen-bond donors (Lipinski definition) is 2. The minimum Gasteiger partial charge on any atom is -0.355 e. The number of hydrogen-bond acceptors (Lipinski definition) is 4. The van der Waals surface area contributed by atoms with Crippen LogP contribution in [0.3, 0.4) is 0 Å². The molecule has 8 heteroatoms. The molecular formula is C17H17FN2O4S. The number of anilines is 1. The molecule has 0 radical (unpaired) electrons. The largest absolute Gasteiger partial charge is 0.355 e. The number of carbonyl (C=O) groups is 2. The number of halogens is 1. The molecule has 2 aromatic rings. The van der Waals surface area contributed by atoms with Crippen molar-refractivity contribution in [1.82, 2.24) is 5.32 Å². The van der Waals surface area contributed by atoms with Gasteiger partial charge in [0.15, 0.2) is 9.84 Å². The molecule has 0 heterocycles. The maximum Gasteiger partial charge on any atom is 0.251 e. The fourth-order valence-corrected chi connectivity index (χ4v) is 3.30. The zero-order chi connectivity index (χ0) is 18.4. The van der Waals surface area contributed by atoms with Crippen LogP contribution in [0.5, 0.6) is 0 Å². The summed E-state index contributed by atoms with van der Waals surface area (Å²) in [6.07, 6.45) is -0.239. The van der Waals surface area contributed by atoms with Crippen molar-refractivity contribution in [3.8, 4) is 0 Å². The predicted molar refractivity (Wildman–Crippen MR) is 91.5 cm³/mol. The standard InChI is InChI=1S/C17H17FN2O4S/c1-19-17(22)12-2-6-14(7-3-12)20-16(21)10-11-25(23,24)15-8-4-13(18)5-9-15/h2-9H,10-11H2,1H3,(H,19,22)(H,20,21). The molecule has 0 aliphatic carbocycles. The van der Waals surface area contributed by atoms with E-state index in [1.165, 1.54) is 19.2 Å². The monoisotopic (exact) mass is 364 g/mol. The van der Waals surface area contributed by atoms with E-state index < -0.39 is 21.6 Å². The van der Waals surface area contributed by atoms with Crippen LogP contribution < -0.4 is 10.6 Å². The van der Waals surface area contributed by atoms with Gasteiger partial charge in [0.25, 0.3) is 5.91 Å². The summed E-state index contributed by atoms with van der Waals surface area (Å²) in [5, 5.41) is 5.05. The quantitative estimate of drug-likeness (QED) is 0.767. The number of rotatable bonds is 6. The lowest BCUT2D eigenvalue weighted by atomic mass is 10.2. The Kier molecular flexibility index (Phi) is 5.87. The van der Waals surface area contributed by atoms with Gasteiger partial charge in [-0.15, -0.1) is 0 Å². The Balaban J connectivity index is 1.94. The molecule has 0 aliphatic rings. The van der Waals surface area contributed by atoms with E-state index in [1.54, 1.807) is 24.3 Å². The summed E-state index contributed by atoms with van der Waals surface area (Å²) in [6.45, 7) is 0. The third kappa shape index (κ3) is 5.12. The van der Waals surface area contributed by atoms with Crippen LogP contribution in [0, 0.1) is 5.82 Å². The summed E-state index contributed by atoms with van der Waals surface area (Å²) in [7, 11) is -2.15. The molecule has 0 aliphatic heterocycles. The van der Waals surface area contributed by atoms with Crippen molar-refractivity contribution in [2.75, 3.05) is 18.1 Å². The Labute approximate surface area is 145 Å². The van der Waals surface area contributed by atoms with Crippen molar-refractivity contribution in [3.05, 3.63) is 59.9 Å². The second-order valence-electron chi connectivity index (χ2n) is 5.23. The van der Waals surface area contributed by atoms with E-state index in [0.717, 1.165) is 12.1 Å². The highest BCUT2D eigenvalue weighted by Gasteiger charge is 2.16. The average molecular weight is 364 g/mol. The fourth-order valence-electron chi connectivity index (χ4n) is 2.06. The number of carbonyl (C=O) groups excluding carboxylic acids is 2. The lowest BCUT2D eigenvalue weighted by Crippen LogP contribution is -2.19. The summed E-state index contributed by atoms with van der Waals surface area (Å²) >= 11 is 0. The normalized spacial score (nSPS) is 11.0. The second-order valence-corrected chi connectivity index (χ2v) is 7.34. The molecule has 2 amide bonds. The van der Waals surface area contributed by atoms with E-state index in [2.05, 4.69) is 10.6 Å². The molecule has 25 heavy (non-hydrogen) atoms. The van der Waals surface area contributed by atoms with Crippen molar-refractivity contribution >= 4 is 27.3 Å². The van der Waals surface area contributed by atoms with Crippen molar-refractivity contribution < 1.29 is 22.4 Å². The Hall–Kier alpha value is -2.74. The number of amides is 2. The molecule has 0 atom stereocenters. The SMILES string of the molecule is CNC(=O)c1ccc(NC(=O)CCS(=O)(=O)c2ccc(F)cc2)cc1. The van der Waals surface area contributed by atoms with Gasteiger partial charge in [0.1, 0.15) is 5.82 Å². The lowest BCUT2D eigenvalue weighted by molar-refractivity contribution is -0.115. The first kappa shape index (κ1) is 18.6. The van der Waals surface area contributed by atoms with E-state index >= 15 is 0 Å². The van der Waals surface area contributed by atoms with Gasteiger partial charge in [-0.05, 0) is 48.5 Å². The number of benzene rings is 2. The molecule has 0 fully saturated rings. The Morgan fingerprint density at radius 2 is 1.60 bits per heavy atom. The summed E-state index contributed by atoms with van der Waals surface area (Å²) in [5.41, 5.74) is 0.899. The highest BCUT2D eigenvalue weighted by atomic mass is 32.2. The van der Waals surface area contributed by atoms with Gasteiger partial charge in [-0.1, -0.05) is 0 Å². The minimum atomic E-state index is -3.67. The highest BCUT2D eigenvalue weighted by molar-refractivity contribution is 7.91. The fraction of sp³-hybridized carbons (Fsp3) is 0.176. The summed E-state index contributed by atoms with van der Waals surface area (Å²) in [6, 6.07) is 10.6. The maximum atomic E-state index is 12.8. The molecule has 0 saturated heterocycles. The third-order valence-electron chi connectivity index (χ3n) is 3.43. The van der Waals surface area contributed by atoms with Gasteiger partial charge >= 0.3 is 0 Å². The van der Waals surface area contributed by atoms with Crippen LogP contribution in [0.2, 0.25) is 0 Å². The molecule has 132 valence electrons. The molecule has 2 rings (SSSR count). The summed E-state index contributed by atoms with van der Waals surface area (Å²) in [4.78, 5) is 23.3. The van der Waals surface area contributed by atoms with Gasteiger partial charge in [0, 0.05) is 24.7 Å². The molecule has 0 unspecified atom stereocenters. The van der Waals surface area contributed by atoms with Gasteiger partial charge in [-0.2, -0.15) is 0 Å². The molecule has 0 saturated carbocycles. The van der Waals surface area contributed by atoms with Gasteiger partial charge in [-0.25, -0.2) is 12.8 Å². The van der Waals surface area contributed by atoms with Gasteiger partial charge < -0.3 is 10.6 Å². The summed E-state index contributed by atoms with van der Waals surface area (Å²) in [5.74, 6) is -1.64. The van der Waals surface area contributed by atoms with Crippen molar-refractivity contribution in [2.24, 2.45) is 0 Å². The first-order chi connectivity index (χ1) is 11.8. The molecule has 2 aromatic carbocycles. The van der Waals surface area contributed by atoms with Crippen LogP contribution in [0.4, 0.5) is 10.1 Å². The molecule has 0 aromatic heterocycles. The first-order valence-corrected chi connectivity index (χ1v) is 9.07. The smallest absolute Gasteiger partial charge is 0.251 e. The zero-order valence-electron chi connectivity index (χ0n) is 13.5. The lowest BCUT2D eigenvalue weighted by Gasteiger charge is -2.07. The van der Waals surface area contributed by atoms with Crippen LogP contribution in [-0.4, -0.2) is 33.0 Å². The van der Waals surface area contributed by atoms with E-state index in [9.17, 15) is 22.4 Å². The highest BCUT2D eigenvalue weighted by Crippen LogP contribution is 2.14. The topological polar surface area (TPSA) is 92.3 Å². The van der Waals surface area contributed by atoms with Crippen LogP contribution >= 0.6 is 0 Å². The van der Waals surface area contributed by atoms with Crippen molar-refractivity contribution in [1.29, 1.82) is 0 Å². The average Bonchev–Trinajstić information content (AvgIpc) is 2.60. The Bertz CT molecular complexity index is 863. The zero-order valence-corrected chi connectivity index (χ0v) is 14.3.